The molecule has 0 bridgehead atoms. The lowest BCUT2D eigenvalue weighted by molar-refractivity contribution is 0.0522. The van der Waals surface area contributed by atoms with Crippen LogP contribution in [0.2, 0.25) is 0 Å². The molecule has 5 heteroatoms. The second kappa shape index (κ2) is 6.35. The number of carbonyl (C=O) groups excluding carboxylic acids is 2. The van der Waals surface area contributed by atoms with Crippen LogP contribution in [0.4, 0.5) is 0 Å². The highest BCUT2D eigenvalue weighted by atomic mass is 16.5. The second-order valence-corrected chi connectivity index (χ2v) is 4.74. The Morgan fingerprint density at radius 3 is 2.52 bits per heavy atom. The van der Waals surface area contributed by atoms with Gasteiger partial charge in [-0.3, -0.25) is 9.48 Å². The predicted octanol–water partition coefficient (Wildman–Crippen LogP) is 2.33. The fourth-order valence-electron chi connectivity index (χ4n) is 2.12. The molecule has 1 heterocycles. The summed E-state index contributed by atoms with van der Waals surface area (Å²) in [4.78, 5) is 24.5. The van der Waals surface area contributed by atoms with E-state index >= 15 is 0 Å². The van der Waals surface area contributed by atoms with Gasteiger partial charge in [0.1, 0.15) is 11.3 Å². The molecule has 0 spiro atoms. The lowest BCUT2D eigenvalue weighted by atomic mass is 10.0. The number of aromatic nitrogens is 2. The summed E-state index contributed by atoms with van der Waals surface area (Å²) in [5.41, 5.74) is 1.96. The summed E-state index contributed by atoms with van der Waals surface area (Å²) < 4.78 is 6.55. The molecule has 0 N–H and O–H groups in total. The number of rotatable bonds is 5. The van der Waals surface area contributed by atoms with Crippen molar-refractivity contribution in [1.29, 1.82) is 0 Å². The molecule has 0 amide bonds. The maximum Gasteiger partial charge on any atom is 0.342 e. The van der Waals surface area contributed by atoms with Crippen LogP contribution in [0.25, 0.3) is 0 Å². The lowest BCUT2D eigenvalue weighted by Gasteiger charge is -2.03. The minimum atomic E-state index is -0.500. The van der Waals surface area contributed by atoms with Crippen LogP contribution in [0.5, 0.6) is 0 Å². The Morgan fingerprint density at radius 1 is 1.24 bits per heavy atom. The van der Waals surface area contributed by atoms with Crippen LogP contribution in [0.3, 0.4) is 0 Å². The largest absolute Gasteiger partial charge is 0.462 e. The number of carbonyl (C=O) groups is 2. The highest BCUT2D eigenvalue weighted by Crippen LogP contribution is 2.17. The Hall–Kier alpha value is -2.43. The molecule has 0 saturated carbocycles. The van der Waals surface area contributed by atoms with Crippen LogP contribution in [0, 0.1) is 6.92 Å². The van der Waals surface area contributed by atoms with Crippen LogP contribution in [0.1, 0.15) is 39.0 Å². The summed E-state index contributed by atoms with van der Waals surface area (Å²) in [7, 11) is 1.71. The zero-order valence-corrected chi connectivity index (χ0v) is 12.4. The fourth-order valence-corrected chi connectivity index (χ4v) is 2.12. The van der Waals surface area contributed by atoms with Crippen LogP contribution < -0.4 is 0 Å². The predicted molar refractivity (Wildman–Crippen MR) is 78.4 cm³/mol. The molecule has 110 valence electrons. The topological polar surface area (TPSA) is 61.2 Å². The summed E-state index contributed by atoms with van der Waals surface area (Å²) in [5.74, 6) is -0.688. The number of ketones is 1. The van der Waals surface area contributed by atoms with Crippen LogP contribution in [0.15, 0.2) is 30.3 Å². The van der Waals surface area contributed by atoms with Crippen molar-refractivity contribution in [1.82, 2.24) is 9.78 Å². The number of hydrogen-bond donors (Lipinski definition) is 0. The summed E-state index contributed by atoms with van der Waals surface area (Å²) in [5, 5.41) is 4.18. The Kier molecular flexibility index (Phi) is 4.52. The van der Waals surface area contributed by atoms with Crippen molar-refractivity contribution in [2.24, 2.45) is 7.05 Å². The van der Waals surface area contributed by atoms with Crippen LogP contribution >= 0.6 is 0 Å². The third-order valence-corrected chi connectivity index (χ3v) is 3.29. The van der Waals surface area contributed by atoms with E-state index in [2.05, 4.69) is 5.10 Å². The third kappa shape index (κ3) is 3.18. The Morgan fingerprint density at radius 2 is 1.90 bits per heavy atom. The molecule has 1 aromatic heterocycles. The van der Waals surface area contributed by atoms with Gasteiger partial charge in [0.2, 0.25) is 0 Å². The van der Waals surface area contributed by atoms with Gasteiger partial charge in [-0.05, 0) is 19.4 Å². The molecule has 0 atom stereocenters. The number of esters is 1. The monoisotopic (exact) mass is 286 g/mol. The van der Waals surface area contributed by atoms with Gasteiger partial charge in [-0.25, -0.2) is 4.79 Å². The highest BCUT2D eigenvalue weighted by molar-refractivity contribution is 6.06. The average molecular weight is 286 g/mol. The average Bonchev–Trinajstić information content (AvgIpc) is 2.76. The fraction of sp³-hybridized carbons (Fsp3) is 0.312. The first-order valence-electron chi connectivity index (χ1n) is 6.82. The van der Waals surface area contributed by atoms with Gasteiger partial charge in [-0.2, -0.15) is 5.10 Å². The molecule has 5 nitrogen and oxygen atoms in total. The standard InChI is InChI=1S/C16H18N2O3/c1-4-21-16(20)14-11(2)18(3)17-15(14)13(19)10-12-8-6-5-7-9-12/h5-9H,4,10H2,1-3H3. The van der Waals surface area contributed by atoms with Crippen molar-refractivity contribution in [3.63, 3.8) is 0 Å². The van der Waals surface area contributed by atoms with Gasteiger partial charge in [0.25, 0.3) is 0 Å². The molecule has 2 rings (SSSR count). The SMILES string of the molecule is CCOC(=O)c1c(C(=O)Cc2ccccc2)nn(C)c1C. The molecule has 0 unspecified atom stereocenters. The Labute approximate surface area is 123 Å². The van der Waals surface area contributed by atoms with E-state index in [1.165, 1.54) is 4.68 Å². The Bertz CT molecular complexity index is 660. The van der Waals surface area contributed by atoms with Gasteiger partial charge in [-0.15, -0.1) is 0 Å². The summed E-state index contributed by atoms with van der Waals surface area (Å²) in [6.45, 7) is 3.74. The zero-order chi connectivity index (χ0) is 15.4. The molecule has 0 saturated heterocycles. The molecule has 0 aliphatic carbocycles. The van der Waals surface area contributed by atoms with Gasteiger partial charge in [0.05, 0.1) is 12.3 Å². The van der Waals surface area contributed by atoms with E-state index in [4.69, 9.17) is 4.74 Å². The first-order valence-corrected chi connectivity index (χ1v) is 6.82. The van der Waals surface area contributed by atoms with Crippen molar-refractivity contribution >= 4 is 11.8 Å². The molecular formula is C16H18N2O3. The third-order valence-electron chi connectivity index (χ3n) is 3.29. The first kappa shape index (κ1) is 15.0. The molecule has 0 fully saturated rings. The minimum Gasteiger partial charge on any atom is -0.462 e. The number of benzene rings is 1. The van der Waals surface area contributed by atoms with E-state index in [-0.39, 0.29) is 30.1 Å². The number of ether oxygens (including phenoxy) is 1. The quantitative estimate of drug-likeness (QED) is 0.625. The van der Waals surface area contributed by atoms with Crippen molar-refractivity contribution in [3.05, 3.63) is 52.8 Å². The molecule has 1 aromatic carbocycles. The van der Waals surface area contributed by atoms with Crippen LogP contribution in [-0.4, -0.2) is 28.1 Å². The van der Waals surface area contributed by atoms with E-state index in [9.17, 15) is 9.59 Å². The number of nitrogens with zero attached hydrogens (tertiary/aromatic N) is 2. The van der Waals surface area contributed by atoms with Crippen molar-refractivity contribution in [2.75, 3.05) is 6.61 Å². The maximum absolute atomic E-state index is 12.4. The van der Waals surface area contributed by atoms with E-state index < -0.39 is 5.97 Å². The second-order valence-electron chi connectivity index (χ2n) is 4.74. The molecule has 2 aromatic rings. The number of Topliss-reactive ketones (excluding diaryl/α,β-unsaturated/α-hetero) is 1. The minimum absolute atomic E-state index is 0.178. The number of aryl methyl sites for hydroxylation is 1. The molecular weight excluding hydrogens is 268 g/mol. The Balaban J connectivity index is 2.33. The van der Waals surface area contributed by atoms with Gasteiger partial charge in [0, 0.05) is 13.5 Å². The van der Waals surface area contributed by atoms with E-state index in [1.807, 2.05) is 30.3 Å². The van der Waals surface area contributed by atoms with Gasteiger partial charge < -0.3 is 4.74 Å². The smallest absolute Gasteiger partial charge is 0.342 e. The van der Waals surface area contributed by atoms with Crippen LogP contribution in [-0.2, 0) is 18.2 Å². The van der Waals surface area contributed by atoms with Crippen molar-refractivity contribution in [3.8, 4) is 0 Å². The first-order chi connectivity index (χ1) is 10.0. The van der Waals surface area contributed by atoms with Crippen molar-refractivity contribution in [2.45, 2.75) is 20.3 Å². The van der Waals surface area contributed by atoms with Gasteiger partial charge in [0.15, 0.2) is 5.78 Å². The lowest BCUT2D eigenvalue weighted by Crippen LogP contribution is -2.13. The normalized spacial score (nSPS) is 10.4. The molecule has 21 heavy (non-hydrogen) atoms. The number of hydrogen-bond acceptors (Lipinski definition) is 4. The summed E-state index contributed by atoms with van der Waals surface area (Å²) in [6, 6.07) is 9.38. The highest BCUT2D eigenvalue weighted by Gasteiger charge is 2.25. The molecule has 0 aliphatic rings. The summed E-state index contributed by atoms with van der Waals surface area (Å²) in [6.07, 6.45) is 0.212. The van der Waals surface area contributed by atoms with E-state index in [1.54, 1.807) is 20.9 Å². The van der Waals surface area contributed by atoms with E-state index in [0.717, 1.165) is 5.56 Å². The van der Waals surface area contributed by atoms with Gasteiger partial charge >= 0.3 is 5.97 Å². The van der Waals surface area contributed by atoms with Gasteiger partial charge in [-0.1, -0.05) is 30.3 Å². The molecule has 0 radical (unpaired) electrons. The maximum atomic E-state index is 12.4. The van der Waals surface area contributed by atoms with E-state index in [0.29, 0.717) is 5.69 Å². The van der Waals surface area contributed by atoms with Crippen molar-refractivity contribution < 1.29 is 14.3 Å². The molecule has 0 aliphatic heterocycles. The zero-order valence-electron chi connectivity index (χ0n) is 12.4. The summed E-state index contributed by atoms with van der Waals surface area (Å²) >= 11 is 0.